The Balaban J connectivity index is 1.74. The molecule has 3 fully saturated rings. The second-order valence-electron chi connectivity index (χ2n) is 5.06. The van der Waals surface area contributed by atoms with Gasteiger partial charge in [-0.2, -0.15) is 0 Å². The molecule has 0 aromatic carbocycles. The third-order valence-electron chi connectivity index (χ3n) is 3.64. The van der Waals surface area contributed by atoms with Gasteiger partial charge < -0.3 is 39.2 Å². The monoisotopic (exact) mass is 319 g/mol. The van der Waals surface area contributed by atoms with Crippen LogP contribution in [0, 0.1) is 0 Å². The van der Waals surface area contributed by atoms with Crippen molar-refractivity contribution in [2.24, 2.45) is 0 Å². The topological polar surface area (TPSA) is 133 Å². The predicted octanol–water partition coefficient (Wildman–Crippen LogP) is -2.22. The Kier molecular flexibility index (Phi) is 4.30. The van der Waals surface area contributed by atoms with Crippen molar-refractivity contribution in [3.8, 4) is 0 Å². The number of fused-ring (bicyclic) bond motifs is 3. The molecule has 3 aliphatic heterocycles. The van der Waals surface area contributed by atoms with E-state index in [0.29, 0.717) is 6.54 Å². The number of aliphatic carboxylic acids is 1. The van der Waals surface area contributed by atoms with Crippen LogP contribution in [-0.4, -0.2) is 78.5 Å². The van der Waals surface area contributed by atoms with Crippen molar-refractivity contribution < 1.29 is 43.5 Å². The molecule has 3 aliphatic rings. The van der Waals surface area contributed by atoms with E-state index < -0.39 is 55.2 Å². The van der Waals surface area contributed by atoms with E-state index in [2.05, 4.69) is 5.32 Å². The Morgan fingerprint density at radius 3 is 2.36 bits per heavy atom. The Bertz CT molecular complexity index is 458. The third-order valence-corrected chi connectivity index (χ3v) is 3.64. The van der Waals surface area contributed by atoms with Crippen molar-refractivity contribution in [3.63, 3.8) is 0 Å². The molecule has 7 unspecified atom stereocenters. The molecule has 3 saturated heterocycles. The summed E-state index contributed by atoms with van der Waals surface area (Å²) in [7, 11) is 0. The lowest BCUT2D eigenvalue weighted by Gasteiger charge is -2.37. The number of rotatable bonds is 4. The summed E-state index contributed by atoms with van der Waals surface area (Å²) >= 11 is 0. The van der Waals surface area contributed by atoms with Crippen LogP contribution < -0.4 is 5.32 Å². The number of aliphatic hydroxyl groups excluding tert-OH is 1. The van der Waals surface area contributed by atoms with E-state index >= 15 is 0 Å². The molecule has 0 aromatic heterocycles. The molecule has 0 spiro atoms. The highest BCUT2D eigenvalue weighted by Crippen LogP contribution is 2.39. The summed E-state index contributed by atoms with van der Waals surface area (Å²) < 4.78 is 26.8. The van der Waals surface area contributed by atoms with E-state index in [1.807, 2.05) is 0 Å². The average Bonchev–Trinajstić information content (AvgIpc) is 3.04. The van der Waals surface area contributed by atoms with Crippen LogP contribution in [0.1, 0.15) is 6.92 Å². The molecule has 3 rings (SSSR count). The normalized spacial score (nSPS) is 43.5. The van der Waals surface area contributed by atoms with Gasteiger partial charge in [-0.1, -0.05) is 0 Å². The number of carboxylic acid groups (broad SMARTS) is 1. The minimum absolute atomic E-state index is 0.387. The first-order chi connectivity index (χ1) is 10.5. The van der Waals surface area contributed by atoms with Gasteiger partial charge in [-0.05, 0) is 6.92 Å². The first-order valence-electron chi connectivity index (χ1n) is 6.93. The van der Waals surface area contributed by atoms with Gasteiger partial charge in [0.2, 0.25) is 6.29 Å². The average molecular weight is 319 g/mol. The number of carboxylic acids is 1. The number of hydrogen-bond donors (Lipinski definition) is 3. The van der Waals surface area contributed by atoms with Gasteiger partial charge in [0.25, 0.3) is 12.2 Å². The highest BCUT2D eigenvalue weighted by atomic mass is 16.9. The maximum Gasteiger partial charge on any atom is 0.361 e. The van der Waals surface area contributed by atoms with Crippen LogP contribution in [0.25, 0.3) is 0 Å². The molecule has 22 heavy (non-hydrogen) atoms. The highest BCUT2D eigenvalue weighted by Gasteiger charge is 2.60. The predicted molar refractivity (Wildman–Crippen MR) is 65.3 cm³/mol. The smallest absolute Gasteiger partial charge is 0.361 e. The molecule has 0 saturated carbocycles. The van der Waals surface area contributed by atoms with Gasteiger partial charge >= 0.3 is 5.97 Å². The lowest BCUT2D eigenvalue weighted by atomic mass is 10.0. The van der Waals surface area contributed by atoms with Gasteiger partial charge in [0.05, 0.1) is 6.61 Å². The Morgan fingerprint density at radius 1 is 1.00 bits per heavy atom. The zero-order valence-corrected chi connectivity index (χ0v) is 11.7. The van der Waals surface area contributed by atoms with E-state index in [4.69, 9.17) is 28.8 Å². The number of likely N-dealkylation sites (N-methyl/N-ethyl adjacent to an activating group) is 1. The van der Waals surface area contributed by atoms with E-state index in [1.165, 1.54) is 0 Å². The summed E-state index contributed by atoms with van der Waals surface area (Å²) in [5.41, 5.74) is 0. The van der Waals surface area contributed by atoms with Crippen molar-refractivity contribution in [2.75, 3.05) is 13.2 Å². The minimum Gasteiger partial charge on any atom is -0.477 e. The summed E-state index contributed by atoms with van der Waals surface area (Å²) in [6.07, 6.45) is -6.70. The molecule has 124 valence electrons. The van der Waals surface area contributed by atoms with Crippen LogP contribution in [0.5, 0.6) is 0 Å². The second-order valence-corrected chi connectivity index (χ2v) is 5.06. The number of amides is 1. The molecular formula is C12H17NO9. The van der Waals surface area contributed by atoms with Crippen molar-refractivity contribution >= 4 is 11.9 Å². The Hall–Kier alpha value is -1.30. The Morgan fingerprint density at radius 2 is 1.73 bits per heavy atom. The van der Waals surface area contributed by atoms with Crippen LogP contribution in [0.2, 0.25) is 0 Å². The summed E-state index contributed by atoms with van der Waals surface area (Å²) in [6.45, 7) is 1.75. The van der Waals surface area contributed by atoms with Crippen molar-refractivity contribution in [1.82, 2.24) is 5.32 Å². The number of carbonyl (C=O) groups is 2. The van der Waals surface area contributed by atoms with E-state index in [1.54, 1.807) is 6.92 Å². The molecule has 7 atom stereocenters. The van der Waals surface area contributed by atoms with Gasteiger partial charge in [0.15, 0.2) is 6.29 Å². The van der Waals surface area contributed by atoms with Gasteiger partial charge in [0.1, 0.15) is 24.4 Å². The lowest BCUT2D eigenvalue weighted by Crippen LogP contribution is -2.56. The van der Waals surface area contributed by atoms with E-state index in [0.717, 1.165) is 0 Å². The number of ether oxygens (including phenoxy) is 5. The fourth-order valence-corrected chi connectivity index (χ4v) is 2.71. The molecule has 10 heteroatoms. The number of hydrogen-bond acceptors (Lipinski definition) is 8. The molecule has 0 radical (unpaired) electrons. The standard InChI is InChI=1S/C12H17NO9/c1-2-13-8(15)11-18-4(3-14)5-6(20-11)7-10(19-5)22-12(21-7)9(16)17/h4-7,10-12,14H,2-3H2,1H3,(H,13,15)(H,16,17). The first-order valence-corrected chi connectivity index (χ1v) is 6.93. The zero-order valence-electron chi connectivity index (χ0n) is 11.7. The van der Waals surface area contributed by atoms with Crippen molar-refractivity contribution in [3.05, 3.63) is 0 Å². The lowest BCUT2D eigenvalue weighted by molar-refractivity contribution is -0.290. The van der Waals surface area contributed by atoms with E-state index in [9.17, 15) is 14.7 Å². The Labute approximate surface area is 125 Å². The summed E-state index contributed by atoms with van der Waals surface area (Å²) in [5.74, 6) is -1.77. The zero-order chi connectivity index (χ0) is 15.9. The molecular weight excluding hydrogens is 302 g/mol. The quantitative estimate of drug-likeness (QED) is 0.526. The third kappa shape index (κ3) is 2.57. The molecule has 0 aliphatic carbocycles. The minimum atomic E-state index is -1.45. The van der Waals surface area contributed by atoms with Gasteiger partial charge in [-0.15, -0.1) is 0 Å². The van der Waals surface area contributed by atoms with Crippen LogP contribution in [0.3, 0.4) is 0 Å². The molecule has 10 nitrogen and oxygen atoms in total. The van der Waals surface area contributed by atoms with Crippen LogP contribution in [0.4, 0.5) is 0 Å². The van der Waals surface area contributed by atoms with Gasteiger partial charge in [0, 0.05) is 6.54 Å². The maximum absolute atomic E-state index is 11.9. The first kappa shape index (κ1) is 15.6. The largest absolute Gasteiger partial charge is 0.477 e. The van der Waals surface area contributed by atoms with Crippen LogP contribution >= 0.6 is 0 Å². The molecule has 3 heterocycles. The fraction of sp³-hybridized carbons (Fsp3) is 0.833. The molecule has 0 aromatic rings. The molecule has 0 bridgehead atoms. The van der Waals surface area contributed by atoms with Crippen molar-refractivity contribution in [2.45, 2.75) is 50.2 Å². The fourth-order valence-electron chi connectivity index (χ4n) is 2.71. The number of aliphatic hydroxyl groups is 1. The van der Waals surface area contributed by atoms with Gasteiger partial charge in [-0.25, -0.2) is 4.79 Å². The summed E-state index contributed by atoms with van der Waals surface area (Å²) in [4.78, 5) is 22.8. The second kappa shape index (κ2) is 6.07. The van der Waals surface area contributed by atoms with Gasteiger partial charge in [-0.3, -0.25) is 4.79 Å². The molecule has 3 N–H and O–H groups in total. The summed E-state index contributed by atoms with van der Waals surface area (Å²) in [5, 5.41) is 20.8. The van der Waals surface area contributed by atoms with Crippen molar-refractivity contribution in [1.29, 1.82) is 0 Å². The SMILES string of the molecule is CCNC(=O)C1OC(CO)C2OC3OC(C(=O)O)OC3C2O1. The van der Waals surface area contributed by atoms with Crippen LogP contribution in [-0.2, 0) is 33.3 Å². The maximum atomic E-state index is 11.9. The number of nitrogens with one attached hydrogen (secondary N) is 1. The van der Waals surface area contributed by atoms with E-state index in [-0.39, 0.29) is 6.61 Å². The molecule has 1 amide bonds. The number of carbonyl (C=O) groups excluding carboxylic acids is 1. The van der Waals surface area contributed by atoms with Crippen LogP contribution in [0.15, 0.2) is 0 Å². The summed E-state index contributed by atoms with van der Waals surface area (Å²) in [6, 6.07) is 0. The highest BCUT2D eigenvalue weighted by molar-refractivity contribution is 5.79.